The van der Waals surface area contributed by atoms with Gasteiger partial charge in [0.15, 0.2) is 0 Å². The van der Waals surface area contributed by atoms with E-state index >= 15 is 0 Å². The van der Waals surface area contributed by atoms with E-state index in [2.05, 4.69) is 15.5 Å². The Hall–Kier alpha value is -1.26. The van der Waals surface area contributed by atoms with Crippen LogP contribution in [0.5, 0.6) is 5.75 Å². The number of nitrogens with zero attached hydrogens (tertiary/aromatic N) is 3. The first kappa shape index (κ1) is 13.4. The van der Waals surface area contributed by atoms with Crippen molar-refractivity contribution in [3.8, 4) is 5.75 Å². The van der Waals surface area contributed by atoms with E-state index in [1.54, 1.807) is 7.11 Å². The first-order chi connectivity index (χ1) is 10.3. The number of aromatic nitrogens is 2. The highest BCUT2D eigenvalue weighted by Crippen LogP contribution is 2.36. The average molecular weight is 306 g/mol. The molecule has 0 N–H and O–H groups in total. The topological polar surface area (TPSA) is 30.3 Å². The number of methoxy groups -OCH3 is 1. The van der Waals surface area contributed by atoms with Gasteiger partial charge < -0.3 is 9.30 Å². The van der Waals surface area contributed by atoms with Gasteiger partial charge in [0.2, 0.25) is 0 Å². The number of imidazole rings is 1. The van der Waals surface area contributed by atoms with Gasteiger partial charge in [0.1, 0.15) is 11.6 Å². The Morgan fingerprint density at radius 1 is 1.29 bits per heavy atom. The smallest absolute Gasteiger partial charge is 0.125 e. The molecule has 2 fully saturated rings. The summed E-state index contributed by atoms with van der Waals surface area (Å²) in [6, 6.07) is 7.45. The standard InChI is InChI=1S/C16H20ClN3O/c1-21-13-4-5-15-14(8-13)18-16(9-17)20(15)12-6-7-19(10-12)11-2-3-11/h4-5,8,11-12H,2-3,6-7,9-10H2,1H3. The fraction of sp³-hybridized carbons (Fsp3) is 0.562. The second kappa shape index (κ2) is 5.18. The minimum Gasteiger partial charge on any atom is -0.497 e. The molecule has 21 heavy (non-hydrogen) atoms. The number of ether oxygens (including phenoxy) is 1. The molecule has 2 heterocycles. The Bertz CT molecular complexity index is 665. The average Bonchev–Trinajstić information content (AvgIpc) is 3.13. The van der Waals surface area contributed by atoms with Gasteiger partial charge in [0.25, 0.3) is 0 Å². The van der Waals surface area contributed by atoms with Crippen molar-refractivity contribution in [1.82, 2.24) is 14.5 Å². The summed E-state index contributed by atoms with van der Waals surface area (Å²) in [6.07, 6.45) is 3.94. The van der Waals surface area contributed by atoms with Crippen LogP contribution in [0.1, 0.15) is 31.1 Å². The molecule has 4 nitrogen and oxygen atoms in total. The van der Waals surface area contributed by atoms with Crippen molar-refractivity contribution in [3.63, 3.8) is 0 Å². The summed E-state index contributed by atoms with van der Waals surface area (Å²) in [5.41, 5.74) is 2.16. The summed E-state index contributed by atoms with van der Waals surface area (Å²) in [7, 11) is 1.69. The Morgan fingerprint density at radius 3 is 2.86 bits per heavy atom. The summed E-state index contributed by atoms with van der Waals surface area (Å²) in [5.74, 6) is 2.28. The number of halogens is 1. The molecular weight excluding hydrogens is 286 g/mol. The number of likely N-dealkylation sites (tertiary alicyclic amines) is 1. The lowest BCUT2D eigenvalue weighted by Gasteiger charge is -2.18. The zero-order chi connectivity index (χ0) is 14.4. The van der Waals surface area contributed by atoms with Crippen LogP contribution in [-0.2, 0) is 5.88 Å². The van der Waals surface area contributed by atoms with Gasteiger partial charge in [0.05, 0.1) is 24.0 Å². The largest absolute Gasteiger partial charge is 0.497 e. The lowest BCUT2D eigenvalue weighted by Crippen LogP contribution is -2.24. The summed E-state index contributed by atoms with van der Waals surface area (Å²) >= 11 is 6.14. The van der Waals surface area contributed by atoms with Crippen molar-refractivity contribution in [1.29, 1.82) is 0 Å². The van der Waals surface area contributed by atoms with Crippen molar-refractivity contribution in [2.45, 2.75) is 37.2 Å². The molecule has 1 saturated carbocycles. The second-order valence-corrected chi connectivity index (χ2v) is 6.32. The van der Waals surface area contributed by atoms with E-state index in [9.17, 15) is 0 Å². The number of hydrogen-bond donors (Lipinski definition) is 0. The molecule has 5 heteroatoms. The zero-order valence-electron chi connectivity index (χ0n) is 12.3. The van der Waals surface area contributed by atoms with Crippen LogP contribution in [0.4, 0.5) is 0 Å². The molecule has 1 atom stereocenters. The van der Waals surface area contributed by atoms with Gasteiger partial charge in [-0.1, -0.05) is 0 Å². The van der Waals surface area contributed by atoms with Crippen molar-refractivity contribution in [2.24, 2.45) is 0 Å². The third-order valence-electron chi connectivity index (χ3n) is 4.71. The molecule has 1 aromatic carbocycles. The molecule has 1 aliphatic carbocycles. The lowest BCUT2D eigenvalue weighted by molar-refractivity contribution is 0.314. The van der Waals surface area contributed by atoms with Crippen LogP contribution in [0.3, 0.4) is 0 Å². The van der Waals surface area contributed by atoms with E-state index in [0.717, 1.165) is 29.7 Å². The summed E-state index contributed by atoms with van der Waals surface area (Å²) in [4.78, 5) is 7.33. The lowest BCUT2D eigenvalue weighted by atomic mass is 10.2. The van der Waals surface area contributed by atoms with Crippen molar-refractivity contribution < 1.29 is 4.74 Å². The van der Waals surface area contributed by atoms with Crippen LogP contribution in [-0.4, -0.2) is 40.7 Å². The van der Waals surface area contributed by atoms with Gasteiger partial charge in [0, 0.05) is 31.2 Å². The predicted octanol–water partition coefficient (Wildman–Crippen LogP) is 3.19. The number of alkyl halides is 1. The van der Waals surface area contributed by atoms with Crippen molar-refractivity contribution in [2.75, 3.05) is 20.2 Å². The summed E-state index contributed by atoms with van der Waals surface area (Å²) in [5, 5.41) is 0. The van der Waals surface area contributed by atoms with E-state index in [4.69, 9.17) is 21.3 Å². The van der Waals surface area contributed by atoms with Crippen LogP contribution in [0.25, 0.3) is 11.0 Å². The second-order valence-electron chi connectivity index (χ2n) is 6.05. The van der Waals surface area contributed by atoms with Crippen molar-refractivity contribution >= 4 is 22.6 Å². The van der Waals surface area contributed by atoms with Crippen LogP contribution in [0, 0.1) is 0 Å². The number of hydrogen-bond acceptors (Lipinski definition) is 3. The molecule has 112 valence electrons. The Labute approximate surface area is 129 Å². The number of rotatable bonds is 4. The third kappa shape index (κ3) is 2.30. The maximum atomic E-state index is 6.14. The molecule has 1 unspecified atom stereocenters. The Balaban J connectivity index is 1.72. The molecule has 0 spiro atoms. The van der Waals surface area contributed by atoms with E-state index in [-0.39, 0.29) is 0 Å². The normalized spacial score (nSPS) is 23.0. The van der Waals surface area contributed by atoms with E-state index < -0.39 is 0 Å². The minimum absolute atomic E-state index is 0.455. The van der Waals surface area contributed by atoms with E-state index in [0.29, 0.717) is 11.9 Å². The van der Waals surface area contributed by atoms with Gasteiger partial charge >= 0.3 is 0 Å². The quantitative estimate of drug-likeness (QED) is 0.813. The SMILES string of the molecule is COc1ccc2c(c1)nc(CCl)n2C1CCN(C2CC2)C1. The highest BCUT2D eigenvalue weighted by molar-refractivity contribution is 6.16. The highest BCUT2D eigenvalue weighted by Gasteiger charge is 2.35. The minimum atomic E-state index is 0.455. The van der Waals surface area contributed by atoms with Gasteiger partial charge in [-0.05, 0) is 31.4 Å². The molecular formula is C16H20ClN3O. The molecule has 0 amide bonds. The zero-order valence-corrected chi connectivity index (χ0v) is 13.0. The van der Waals surface area contributed by atoms with Crippen LogP contribution in [0.2, 0.25) is 0 Å². The van der Waals surface area contributed by atoms with Gasteiger partial charge in [-0.25, -0.2) is 4.98 Å². The Morgan fingerprint density at radius 2 is 2.14 bits per heavy atom. The van der Waals surface area contributed by atoms with Crippen LogP contribution >= 0.6 is 11.6 Å². The molecule has 2 aromatic rings. The molecule has 0 bridgehead atoms. The molecule has 1 saturated heterocycles. The molecule has 0 radical (unpaired) electrons. The fourth-order valence-electron chi connectivity index (χ4n) is 3.51. The van der Waals surface area contributed by atoms with Gasteiger partial charge in [-0.3, -0.25) is 4.90 Å². The summed E-state index contributed by atoms with van der Waals surface area (Å²) in [6.45, 7) is 2.33. The maximum absolute atomic E-state index is 6.14. The number of fused-ring (bicyclic) bond motifs is 1. The maximum Gasteiger partial charge on any atom is 0.125 e. The predicted molar refractivity (Wildman–Crippen MR) is 84.1 cm³/mol. The van der Waals surface area contributed by atoms with Gasteiger partial charge in [-0.15, -0.1) is 11.6 Å². The van der Waals surface area contributed by atoms with Crippen LogP contribution < -0.4 is 4.74 Å². The first-order valence-electron chi connectivity index (χ1n) is 7.65. The molecule has 4 rings (SSSR count). The fourth-order valence-corrected chi connectivity index (χ4v) is 3.70. The van der Waals surface area contributed by atoms with Crippen molar-refractivity contribution in [3.05, 3.63) is 24.0 Å². The van der Waals surface area contributed by atoms with Crippen LogP contribution in [0.15, 0.2) is 18.2 Å². The number of benzene rings is 1. The molecule has 2 aliphatic rings. The molecule has 1 aromatic heterocycles. The van der Waals surface area contributed by atoms with Gasteiger partial charge in [-0.2, -0.15) is 0 Å². The monoisotopic (exact) mass is 305 g/mol. The van der Waals surface area contributed by atoms with E-state index in [1.165, 1.54) is 31.3 Å². The molecule has 1 aliphatic heterocycles. The van der Waals surface area contributed by atoms with E-state index in [1.807, 2.05) is 12.1 Å². The third-order valence-corrected chi connectivity index (χ3v) is 4.95. The highest BCUT2D eigenvalue weighted by atomic mass is 35.5. The first-order valence-corrected chi connectivity index (χ1v) is 8.18. The summed E-state index contributed by atoms with van der Waals surface area (Å²) < 4.78 is 7.65. The Kier molecular flexibility index (Phi) is 3.31.